The molecule has 0 spiro atoms. The van der Waals surface area contributed by atoms with Crippen molar-refractivity contribution in [2.75, 3.05) is 17.3 Å². The first-order valence-corrected chi connectivity index (χ1v) is 8.63. The van der Waals surface area contributed by atoms with Crippen molar-refractivity contribution >= 4 is 21.5 Å². The van der Waals surface area contributed by atoms with Crippen molar-refractivity contribution in [2.24, 2.45) is 0 Å². The summed E-state index contributed by atoms with van der Waals surface area (Å²) in [5.41, 5.74) is 0.290. The number of aryl methyl sites for hydroxylation is 1. The number of halogens is 3. The number of nitrogens with one attached hydrogen (secondary N) is 1. The van der Waals surface area contributed by atoms with Gasteiger partial charge in [0.05, 0.1) is 5.75 Å². The van der Waals surface area contributed by atoms with Crippen molar-refractivity contribution in [3.05, 3.63) is 47.8 Å². The van der Waals surface area contributed by atoms with Gasteiger partial charge in [-0.05, 0) is 30.2 Å². The maximum atomic E-state index is 12.6. The second-order valence-electron chi connectivity index (χ2n) is 4.97. The molecule has 0 saturated carbocycles. The van der Waals surface area contributed by atoms with Gasteiger partial charge < -0.3 is 5.32 Å². The smallest absolute Gasteiger partial charge is 0.324 e. The summed E-state index contributed by atoms with van der Waals surface area (Å²) in [4.78, 5) is 7.14. The molecule has 1 aromatic carbocycles. The number of hydrogen-bond acceptors (Lipinski definition) is 5. The Morgan fingerprint density at radius 2 is 1.78 bits per heavy atom. The van der Waals surface area contributed by atoms with Gasteiger partial charge >= 0.3 is 6.18 Å². The summed E-state index contributed by atoms with van der Waals surface area (Å²) in [7, 11) is -3.04. The molecule has 23 heavy (non-hydrogen) atoms. The molecule has 0 aliphatic rings. The van der Waals surface area contributed by atoms with Gasteiger partial charge in [-0.15, -0.1) is 0 Å². The Hall–Kier alpha value is -2.16. The van der Waals surface area contributed by atoms with Gasteiger partial charge in [0, 0.05) is 18.1 Å². The fourth-order valence-corrected chi connectivity index (χ4v) is 2.37. The Bertz CT molecular complexity index is 775. The molecule has 0 bridgehead atoms. The van der Waals surface area contributed by atoms with E-state index < -0.39 is 21.7 Å². The first kappa shape index (κ1) is 17.2. The molecule has 0 atom stereocenters. The van der Waals surface area contributed by atoms with Gasteiger partial charge in [0.1, 0.15) is 15.5 Å². The largest absolute Gasteiger partial charge is 0.433 e. The fourth-order valence-electron chi connectivity index (χ4n) is 1.76. The van der Waals surface area contributed by atoms with Gasteiger partial charge in [0.2, 0.25) is 5.95 Å². The van der Waals surface area contributed by atoms with Gasteiger partial charge in [0.15, 0.2) is 0 Å². The van der Waals surface area contributed by atoms with Crippen LogP contribution in [0.5, 0.6) is 0 Å². The Balaban J connectivity index is 2.07. The summed E-state index contributed by atoms with van der Waals surface area (Å²) < 4.78 is 59.9. The minimum absolute atomic E-state index is 0.0382. The van der Waals surface area contributed by atoms with E-state index in [4.69, 9.17) is 0 Å². The Kier molecular flexibility index (Phi) is 4.88. The zero-order valence-corrected chi connectivity index (χ0v) is 12.9. The number of hydrogen-bond donors (Lipinski definition) is 1. The highest BCUT2D eigenvalue weighted by Crippen LogP contribution is 2.28. The lowest BCUT2D eigenvalue weighted by Crippen LogP contribution is -2.10. The molecular formula is C14H14F3N3O2S. The zero-order valence-electron chi connectivity index (χ0n) is 12.1. The highest BCUT2D eigenvalue weighted by Gasteiger charge is 2.32. The number of nitrogens with zero attached hydrogens (tertiary/aromatic N) is 2. The predicted molar refractivity (Wildman–Crippen MR) is 80.2 cm³/mol. The molecule has 2 rings (SSSR count). The monoisotopic (exact) mass is 345 g/mol. The molecule has 0 amide bonds. The summed E-state index contributed by atoms with van der Waals surface area (Å²) in [6.07, 6.45) is -1.97. The Morgan fingerprint density at radius 3 is 2.35 bits per heavy atom. The second-order valence-corrected chi connectivity index (χ2v) is 7.22. The Labute approximate surface area is 131 Å². The van der Waals surface area contributed by atoms with Crippen molar-refractivity contribution in [1.29, 1.82) is 0 Å². The normalized spacial score (nSPS) is 12.2. The van der Waals surface area contributed by atoms with E-state index in [1.54, 1.807) is 24.3 Å². The minimum atomic E-state index is -4.53. The van der Waals surface area contributed by atoms with Gasteiger partial charge in [-0.1, -0.05) is 12.1 Å². The quantitative estimate of drug-likeness (QED) is 0.902. The van der Waals surface area contributed by atoms with Gasteiger partial charge in [-0.25, -0.2) is 18.4 Å². The molecule has 1 N–H and O–H groups in total. The second kappa shape index (κ2) is 6.53. The SMILES string of the molecule is CS(=O)(=O)CCc1ccc(Nc2nccc(C(F)(F)F)n2)cc1. The highest BCUT2D eigenvalue weighted by atomic mass is 32.2. The van der Waals surface area contributed by atoms with E-state index in [-0.39, 0.29) is 11.7 Å². The summed E-state index contributed by atoms with van der Waals surface area (Å²) in [5, 5.41) is 2.68. The van der Waals surface area contributed by atoms with E-state index in [1.165, 1.54) is 0 Å². The minimum Gasteiger partial charge on any atom is -0.324 e. The fraction of sp³-hybridized carbons (Fsp3) is 0.286. The van der Waals surface area contributed by atoms with Crippen LogP contribution in [-0.4, -0.2) is 30.4 Å². The van der Waals surface area contributed by atoms with E-state index in [0.29, 0.717) is 12.1 Å². The number of sulfone groups is 1. The van der Waals surface area contributed by atoms with Crippen LogP contribution in [-0.2, 0) is 22.4 Å². The van der Waals surface area contributed by atoms with Crippen LogP contribution in [0.25, 0.3) is 0 Å². The number of anilines is 2. The number of benzene rings is 1. The molecular weight excluding hydrogens is 331 g/mol. The summed E-state index contributed by atoms with van der Waals surface area (Å²) in [5.74, 6) is -0.125. The van der Waals surface area contributed by atoms with E-state index >= 15 is 0 Å². The molecule has 0 saturated heterocycles. The molecule has 124 valence electrons. The summed E-state index contributed by atoms with van der Waals surface area (Å²) in [6.45, 7) is 0. The van der Waals surface area contributed by atoms with Crippen LogP contribution in [0.1, 0.15) is 11.3 Å². The predicted octanol–water partition coefficient (Wildman–Crippen LogP) is 2.83. The lowest BCUT2D eigenvalue weighted by Gasteiger charge is -2.09. The highest BCUT2D eigenvalue weighted by molar-refractivity contribution is 7.90. The standard InChI is InChI=1S/C14H14F3N3O2S/c1-23(21,22)9-7-10-2-4-11(5-3-10)19-13-18-8-6-12(20-13)14(15,16)17/h2-6,8H,7,9H2,1H3,(H,18,19,20). The molecule has 0 unspecified atom stereocenters. The van der Waals surface area contributed by atoms with Crippen LogP contribution in [0.4, 0.5) is 24.8 Å². The zero-order chi connectivity index (χ0) is 17.1. The molecule has 0 fully saturated rings. The molecule has 0 aliphatic carbocycles. The van der Waals surface area contributed by atoms with Crippen molar-refractivity contribution in [2.45, 2.75) is 12.6 Å². The molecule has 1 heterocycles. The lowest BCUT2D eigenvalue weighted by atomic mass is 10.1. The van der Waals surface area contributed by atoms with Crippen molar-refractivity contribution in [3.8, 4) is 0 Å². The first-order chi connectivity index (χ1) is 10.6. The topological polar surface area (TPSA) is 72.0 Å². The van der Waals surface area contributed by atoms with Crippen molar-refractivity contribution in [3.63, 3.8) is 0 Å². The van der Waals surface area contributed by atoms with Gasteiger partial charge in [-0.3, -0.25) is 0 Å². The van der Waals surface area contributed by atoms with Crippen LogP contribution in [0.3, 0.4) is 0 Å². The average Bonchev–Trinajstić information content (AvgIpc) is 2.45. The van der Waals surface area contributed by atoms with Crippen molar-refractivity contribution in [1.82, 2.24) is 9.97 Å². The van der Waals surface area contributed by atoms with Crippen LogP contribution in [0, 0.1) is 0 Å². The van der Waals surface area contributed by atoms with Crippen LogP contribution < -0.4 is 5.32 Å². The van der Waals surface area contributed by atoms with Gasteiger partial charge in [-0.2, -0.15) is 13.2 Å². The molecule has 1 aromatic heterocycles. The van der Waals surface area contributed by atoms with Crippen molar-refractivity contribution < 1.29 is 21.6 Å². The third-order valence-electron chi connectivity index (χ3n) is 2.92. The molecule has 0 aliphatic heterocycles. The maximum absolute atomic E-state index is 12.6. The summed E-state index contributed by atoms with van der Waals surface area (Å²) >= 11 is 0. The van der Waals surface area contributed by atoms with E-state index in [0.717, 1.165) is 24.1 Å². The maximum Gasteiger partial charge on any atom is 0.433 e. The molecule has 0 radical (unpaired) electrons. The summed E-state index contributed by atoms with van der Waals surface area (Å²) in [6, 6.07) is 7.43. The van der Waals surface area contributed by atoms with Gasteiger partial charge in [0.25, 0.3) is 0 Å². The third-order valence-corrected chi connectivity index (χ3v) is 3.86. The van der Waals surface area contributed by atoms with E-state index in [1.807, 2.05) is 0 Å². The third kappa shape index (κ3) is 5.51. The van der Waals surface area contributed by atoms with Crippen LogP contribution >= 0.6 is 0 Å². The molecule has 9 heteroatoms. The number of aromatic nitrogens is 2. The first-order valence-electron chi connectivity index (χ1n) is 6.57. The molecule has 5 nitrogen and oxygen atoms in total. The molecule has 2 aromatic rings. The van der Waals surface area contributed by atoms with Crippen LogP contribution in [0.15, 0.2) is 36.5 Å². The van der Waals surface area contributed by atoms with E-state index in [9.17, 15) is 21.6 Å². The number of rotatable bonds is 5. The van der Waals surface area contributed by atoms with Crippen LogP contribution in [0.2, 0.25) is 0 Å². The van der Waals surface area contributed by atoms with E-state index in [2.05, 4.69) is 15.3 Å². The Morgan fingerprint density at radius 1 is 1.13 bits per heavy atom. The lowest BCUT2D eigenvalue weighted by molar-refractivity contribution is -0.141. The number of alkyl halides is 3. The average molecular weight is 345 g/mol.